The molecule has 0 saturated carbocycles. The molecule has 6 nitrogen and oxygen atoms in total. The van der Waals surface area contributed by atoms with Gasteiger partial charge in [0.1, 0.15) is 5.75 Å². The van der Waals surface area contributed by atoms with Crippen LogP contribution in [0.5, 0.6) is 5.75 Å². The summed E-state index contributed by atoms with van der Waals surface area (Å²) in [6, 6.07) is 8.45. The van der Waals surface area contributed by atoms with Gasteiger partial charge in [-0.2, -0.15) is 4.31 Å². The van der Waals surface area contributed by atoms with E-state index in [0.717, 1.165) is 5.56 Å². The maximum atomic E-state index is 13.1. The van der Waals surface area contributed by atoms with Gasteiger partial charge < -0.3 is 9.84 Å². The zero-order chi connectivity index (χ0) is 17.6. The highest BCUT2D eigenvalue weighted by Crippen LogP contribution is 2.25. The summed E-state index contributed by atoms with van der Waals surface area (Å²) in [5, 5.41) is 9.09. The Kier molecular flexibility index (Phi) is 6.30. The van der Waals surface area contributed by atoms with Crippen LogP contribution in [0.3, 0.4) is 0 Å². The van der Waals surface area contributed by atoms with Crippen LogP contribution in [0.15, 0.2) is 47.6 Å². The number of nitrogens with zero attached hydrogens (tertiary/aromatic N) is 2. The molecule has 0 unspecified atom stereocenters. The minimum Gasteiger partial charge on any atom is -0.497 e. The van der Waals surface area contributed by atoms with E-state index >= 15 is 0 Å². The van der Waals surface area contributed by atoms with Crippen molar-refractivity contribution in [1.82, 2.24) is 9.29 Å². The predicted molar refractivity (Wildman–Crippen MR) is 91.3 cm³/mol. The summed E-state index contributed by atoms with van der Waals surface area (Å²) in [6.07, 6.45) is 3.63. The van der Waals surface area contributed by atoms with Crippen LogP contribution < -0.4 is 4.74 Å². The van der Waals surface area contributed by atoms with E-state index in [1.165, 1.54) is 4.31 Å². The Hall–Kier alpha value is -1.96. The lowest BCUT2D eigenvalue weighted by Crippen LogP contribution is -2.32. The Morgan fingerprint density at radius 3 is 2.50 bits per heavy atom. The van der Waals surface area contributed by atoms with Crippen molar-refractivity contribution >= 4 is 10.0 Å². The summed E-state index contributed by atoms with van der Waals surface area (Å²) in [4.78, 5) is 4.19. The molecule has 24 heavy (non-hydrogen) atoms. The lowest BCUT2D eigenvalue weighted by atomic mass is 10.2. The summed E-state index contributed by atoms with van der Waals surface area (Å²) in [5.74, 6) is 0.613. The minimum atomic E-state index is -3.68. The van der Waals surface area contributed by atoms with Gasteiger partial charge >= 0.3 is 0 Å². The molecule has 0 fully saturated rings. The van der Waals surface area contributed by atoms with E-state index in [9.17, 15) is 8.42 Å². The molecule has 130 valence electrons. The number of aryl methyl sites for hydroxylation is 1. The van der Waals surface area contributed by atoms with E-state index < -0.39 is 10.0 Å². The molecule has 0 aliphatic heterocycles. The first-order valence-corrected chi connectivity index (χ1v) is 9.07. The van der Waals surface area contributed by atoms with Crippen molar-refractivity contribution in [1.29, 1.82) is 0 Å². The first-order valence-electron chi connectivity index (χ1n) is 7.63. The number of methoxy groups -OCH3 is 1. The molecule has 0 aliphatic carbocycles. The maximum absolute atomic E-state index is 13.1. The van der Waals surface area contributed by atoms with Gasteiger partial charge in [0.15, 0.2) is 0 Å². The fraction of sp³-hybridized carbons (Fsp3) is 0.353. The molecule has 0 spiro atoms. The molecule has 1 N–H and O–H groups in total. The monoisotopic (exact) mass is 350 g/mol. The second-order valence-electron chi connectivity index (χ2n) is 5.40. The summed E-state index contributed by atoms with van der Waals surface area (Å²) in [5.41, 5.74) is 1.47. The standard InChI is InChI=1S/C17H22N2O4S/c1-14-12-16(23-2)4-5-17(14)24(21,22)19(10-3-11-20)13-15-6-8-18-9-7-15/h4-9,12,20H,3,10-11,13H2,1-2H3. The molecular formula is C17H22N2O4S. The molecule has 7 heteroatoms. The largest absolute Gasteiger partial charge is 0.497 e. The summed E-state index contributed by atoms with van der Waals surface area (Å²) < 4.78 is 32.6. The minimum absolute atomic E-state index is 0.0655. The van der Waals surface area contributed by atoms with E-state index in [2.05, 4.69) is 4.98 Å². The van der Waals surface area contributed by atoms with E-state index in [-0.39, 0.29) is 24.6 Å². The number of sulfonamides is 1. The van der Waals surface area contributed by atoms with E-state index in [1.54, 1.807) is 56.8 Å². The van der Waals surface area contributed by atoms with Gasteiger partial charge in [-0.15, -0.1) is 0 Å². The molecule has 0 radical (unpaired) electrons. The third-order valence-electron chi connectivity index (χ3n) is 3.67. The summed E-state index contributed by atoms with van der Waals surface area (Å²) in [6.45, 7) is 2.15. The van der Waals surface area contributed by atoms with Crippen LogP contribution in [0, 0.1) is 6.92 Å². The molecule has 0 amide bonds. The van der Waals surface area contributed by atoms with Crippen molar-refractivity contribution in [2.75, 3.05) is 20.3 Å². The highest BCUT2D eigenvalue weighted by Gasteiger charge is 2.26. The predicted octanol–water partition coefficient (Wildman–Crippen LogP) is 1.97. The highest BCUT2D eigenvalue weighted by molar-refractivity contribution is 7.89. The molecular weight excluding hydrogens is 328 g/mol. The van der Waals surface area contributed by atoms with Crippen LogP contribution in [0.1, 0.15) is 17.5 Å². The van der Waals surface area contributed by atoms with Crippen molar-refractivity contribution < 1.29 is 18.3 Å². The van der Waals surface area contributed by atoms with Gasteiger partial charge in [-0.05, 0) is 54.8 Å². The van der Waals surface area contributed by atoms with Crippen molar-refractivity contribution in [3.8, 4) is 5.75 Å². The second kappa shape index (κ2) is 8.23. The number of hydrogen-bond acceptors (Lipinski definition) is 5. The first-order chi connectivity index (χ1) is 11.5. The Bertz CT molecular complexity index is 763. The molecule has 1 aromatic carbocycles. The van der Waals surface area contributed by atoms with Gasteiger partial charge in [0, 0.05) is 32.1 Å². The van der Waals surface area contributed by atoms with Gasteiger partial charge in [0.25, 0.3) is 0 Å². The van der Waals surface area contributed by atoms with Crippen molar-refractivity contribution in [3.05, 3.63) is 53.9 Å². The van der Waals surface area contributed by atoms with Gasteiger partial charge in [0.2, 0.25) is 10.0 Å². The highest BCUT2D eigenvalue weighted by atomic mass is 32.2. The van der Waals surface area contributed by atoms with Crippen molar-refractivity contribution in [3.63, 3.8) is 0 Å². The van der Waals surface area contributed by atoms with Crippen molar-refractivity contribution in [2.45, 2.75) is 24.8 Å². The average Bonchev–Trinajstić information content (AvgIpc) is 2.58. The lowest BCUT2D eigenvalue weighted by Gasteiger charge is -2.23. The van der Waals surface area contributed by atoms with E-state index in [0.29, 0.717) is 17.7 Å². The Morgan fingerprint density at radius 1 is 1.21 bits per heavy atom. The lowest BCUT2D eigenvalue weighted by molar-refractivity contribution is 0.267. The third kappa shape index (κ3) is 4.31. The van der Waals surface area contributed by atoms with Crippen LogP contribution >= 0.6 is 0 Å². The number of hydrogen-bond donors (Lipinski definition) is 1. The average molecular weight is 350 g/mol. The van der Waals surface area contributed by atoms with Crippen LogP contribution in [-0.4, -0.2) is 43.1 Å². The Labute approximate surface area is 142 Å². The zero-order valence-electron chi connectivity index (χ0n) is 13.8. The molecule has 1 heterocycles. The quantitative estimate of drug-likeness (QED) is 0.787. The third-order valence-corrected chi connectivity index (χ3v) is 5.68. The fourth-order valence-corrected chi connectivity index (χ4v) is 4.07. The number of benzene rings is 1. The zero-order valence-corrected chi connectivity index (χ0v) is 14.7. The molecule has 0 aliphatic rings. The maximum Gasteiger partial charge on any atom is 0.243 e. The molecule has 2 rings (SSSR count). The van der Waals surface area contributed by atoms with Gasteiger partial charge in [-0.3, -0.25) is 4.98 Å². The van der Waals surface area contributed by atoms with E-state index in [4.69, 9.17) is 9.84 Å². The molecule has 1 aromatic heterocycles. The smallest absolute Gasteiger partial charge is 0.243 e. The number of ether oxygens (including phenoxy) is 1. The topological polar surface area (TPSA) is 79.7 Å². The van der Waals surface area contributed by atoms with Crippen LogP contribution in [0.25, 0.3) is 0 Å². The normalized spacial score (nSPS) is 11.7. The number of aromatic nitrogens is 1. The second-order valence-corrected chi connectivity index (χ2v) is 7.31. The Morgan fingerprint density at radius 2 is 1.92 bits per heavy atom. The SMILES string of the molecule is COc1ccc(S(=O)(=O)N(CCCO)Cc2ccncc2)c(C)c1. The van der Waals surface area contributed by atoms with Gasteiger partial charge in [0.05, 0.1) is 12.0 Å². The summed E-state index contributed by atoms with van der Waals surface area (Å²) >= 11 is 0. The first kappa shape index (κ1) is 18.4. The van der Waals surface area contributed by atoms with Crippen LogP contribution in [0.4, 0.5) is 0 Å². The number of rotatable bonds is 8. The molecule has 0 saturated heterocycles. The van der Waals surface area contributed by atoms with Crippen LogP contribution in [0.2, 0.25) is 0 Å². The summed E-state index contributed by atoms with van der Waals surface area (Å²) in [7, 11) is -2.14. The fourth-order valence-electron chi connectivity index (χ4n) is 2.40. The van der Waals surface area contributed by atoms with Gasteiger partial charge in [-0.1, -0.05) is 0 Å². The van der Waals surface area contributed by atoms with Gasteiger partial charge in [-0.25, -0.2) is 8.42 Å². The number of aliphatic hydroxyl groups excluding tert-OH is 1. The molecule has 2 aromatic rings. The number of aliphatic hydroxyl groups is 1. The Balaban J connectivity index is 2.36. The molecule has 0 bridgehead atoms. The number of pyridine rings is 1. The van der Waals surface area contributed by atoms with Crippen LogP contribution in [-0.2, 0) is 16.6 Å². The van der Waals surface area contributed by atoms with Crippen molar-refractivity contribution in [2.24, 2.45) is 0 Å². The van der Waals surface area contributed by atoms with E-state index in [1.807, 2.05) is 0 Å². The molecule has 0 atom stereocenters.